The summed E-state index contributed by atoms with van der Waals surface area (Å²) in [6.45, 7) is 1.51. The number of nitrogens with zero attached hydrogens (tertiary/aromatic N) is 2. The molecular formula is C21H16N4O2. The number of hydrogen-bond acceptors (Lipinski definition) is 5. The number of anilines is 3. The molecule has 0 saturated carbocycles. The molecule has 2 aromatic carbocycles. The van der Waals surface area contributed by atoms with E-state index in [4.69, 9.17) is 5.26 Å². The van der Waals surface area contributed by atoms with E-state index >= 15 is 0 Å². The first-order chi connectivity index (χ1) is 13.0. The highest BCUT2D eigenvalue weighted by atomic mass is 16.1. The van der Waals surface area contributed by atoms with E-state index in [1.54, 1.807) is 54.6 Å². The monoisotopic (exact) mass is 356 g/mol. The van der Waals surface area contributed by atoms with Crippen molar-refractivity contribution in [1.82, 2.24) is 4.98 Å². The van der Waals surface area contributed by atoms with E-state index in [9.17, 15) is 9.59 Å². The summed E-state index contributed by atoms with van der Waals surface area (Å²) in [5, 5.41) is 14.7. The van der Waals surface area contributed by atoms with Crippen molar-refractivity contribution < 1.29 is 9.59 Å². The van der Waals surface area contributed by atoms with E-state index in [2.05, 4.69) is 15.6 Å². The van der Waals surface area contributed by atoms with Crippen LogP contribution in [0.1, 0.15) is 33.2 Å². The Hall–Kier alpha value is -3.98. The van der Waals surface area contributed by atoms with Gasteiger partial charge in [-0.15, -0.1) is 0 Å². The molecule has 3 rings (SSSR count). The topological polar surface area (TPSA) is 94.9 Å². The third-order valence-corrected chi connectivity index (χ3v) is 3.82. The first kappa shape index (κ1) is 17.8. The first-order valence-electron chi connectivity index (χ1n) is 8.21. The average molecular weight is 356 g/mol. The van der Waals surface area contributed by atoms with Crippen molar-refractivity contribution in [2.24, 2.45) is 0 Å². The molecule has 0 unspecified atom stereocenters. The Balaban J connectivity index is 1.69. The van der Waals surface area contributed by atoms with Gasteiger partial charge in [0.1, 0.15) is 5.82 Å². The summed E-state index contributed by atoms with van der Waals surface area (Å²) >= 11 is 0. The molecule has 0 aliphatic heterocycles. The number of aromatic nitrogens is 1. The SMILES string of the molecule is CC(=O)c1cccc(Nc2ccc(C(=O)Nc3cccc(C#N)c3)cn2)c1. The van der Waals surface area contributed by atoms with Crippen LogP contribution < -0.4 is 10.6 Å². The molecule has 0 aliphatic rings. The fraction of sp³-hybridized carbons (Fsp3) is 0.0476. The Labute approximate surface area is 156 Å². The minimum atomic E-state index is -0.317. The zero-order chi connectivity index (χ0) is 19.2. The third kappa shape index (κ3) is 4.55. The van der Waals surface area contributed by atoms with Crippen LogP contribution in [-0.2, 0) is 0 Å². The van der Waals surface area contributed by atoms with Gasteiger partial charge in [-0.25, -0.2) is 4.98 Å². The van der Waals surface area contributed by atoms with Crippen LogP contribution in [0.5, 0.6) is 0 Å². The Morgan fingerprint density at radius 2 is 1.74 bits per heavy atom. The lowest BCUT2D eigenvalue weighted by Crippen LogP contribution is -2.12. The van der Waals surface area contributed by atoms with Crippen LogP contribution in [0.2, 0.25) is 0 Å². The smallest absolute Gasteiger partial charge is 0.257 e. The molecular weight excluding hydrogens is 340 g/mol. The Bertz CT molecular complexity index is 1040. The molecule has 1 heterocycles. The number of carbonyl (C=O) groups is 2. The van der Waals surface area contributed by atoms with Gasteiger partial charge in [-0.3, -0.25) is 9.59 Å². The van der Waals surface area contributed by atoms with E-state index < -0.39 is 0 Å². The lowest BCUT2D eigenvalue weighted by atomic mass is 10.1. The number of benzene rings is 2. The lowest BCUT2D eigenvalue weighted by Gasteiger charge is -2.08. The van der Waals surface area contributed by atoms with Crippen molar-refractivity contribution in [3.8, 4) is 6.07 Å². The number of Topliss-reactive ketones (excluding diaryl/α,β-unsaturated/α-hetero) is 1. The Kier molecular flexibility index (Phi) is 5.24. The van der Waals surface area contributed by atoms with Crippen LogP contribution in [0.4, 0.5) is 17.2 Å². The highest BCUT2D eigenvalue weighted by molar-refractivity contribution is 6.04. The summed E-state index contributed by atoms with van der Waals surface area (Å²) < 4.78 is 0. The van der Waals surface area contributed by atoms with Crippen LogP contribution in [0.25, 0.3) is 0 Å². The number of pyridine rings is 1. The minimum absolute atomic E-state index is 0.0147. The van der Waals surface area contributed by atoms with E-state index in [0.29, 0.717) is 28.2 Å². The predicted molar refractivity (Wildman–Crippen MR) is 103 cm³/mol. The van der Waals surface area contributed by atoms with Crippen LogP contribution in [0.3, 0.4) is 0 Å². The number of ketones is 1. The van der Waals surface area contributed by atoms with E-state index in [1.807, 2.05) is 12.1 Å². The largest absolute Gasteiger partial charge is 0.340 e. The zero-order valence-electron chi connectivity index (χ0n) is 14.6. The second-order valence-electron chi connectivity index (χ2n) is 5.84. The predicted octanol–water partition coefficient (Wildman–Crippen LogP) is 4.15. The Morgan fingerprint density at radius 1 is 0.963 bits per heavy atom. The molecule has 27 heavy (non-hydrogen) atoms. The number of hydrogen-bond donors (Lipinski definition) is 2. The molecule has 6 nitrogen and oxygen atoms in total. The van der Waals surface area contributed by atoms with Gasteiger partial charge in [0.05, 0.1) is 17.2 Å². The average Bonchev–Trinajstić information content (AvgIpc) is 2.69. The molecule has 3 aromatic rings. The molecule has 0 saturated heterocycles. The van der Waals surface area contributed by atoms with E-state index in [0.717, 1.165) is 5.69 Å². The number of carbonyl (C=O) groups excluding carboxylic acids is 2. The van der Waals surface area contributed by atoms with Crippen molar-refractivity contribution in [3.05, 3.63) is 83.6 Å². The van der Waals surface area contributed by atoms with E-state index in [-0.39, 0.29) is 11.7 Å². The van der Waals surface area contributed by atoms with Crippen LogP contribution in [0.15, 0.2) is 66.9 Å². The van der Waals surface area contributed by atoms with Gasteiger partial charge < -0.3 is 10.6 Å². The molecule has 0 bridgehead atoms. The van der Waals surface area contributed by atoms with Gasteiger partial charge in [-0.05, 0) is 49.4 Å². The number of nitriles is 1. The third-order valence-electron chi connectivity index (χ3n) is 3.82. The maximum absolute atomic E-state index is 12.3. The van der Waals surface area contributed by atoms with Crippen LogP contribution in [-0.4, -0.2) is 16.7 Å². The van der Waals surface area contributed by atoms with Gasteiger partial charge in [0.25, 0.3) is 5.91 Å². The van der Waals surface area contributed by atoms with Crippen molar-refractivity contribution >= 4 is 28.9 Å². The molecule has 0 radical (unpaired) electrons. The van der Waals surface area contributed by atoms with Gasteiger partial charge in [0.2, 0.25) is 0 Å². The summed E-state index contributed by atoms with van der Waals surface area (Å²) in [5.74, 6) is 0.223. The van der Waals surface area contributed by atoms with Gasteiger partial charge in [0, 0.05) is 23.1 Å². The molecule has 132 valence electrons. The number of amides is 1. The van der Waals surface area contributed by atoms with E-state index in [1.165, 1.54) is 13.1 Å². The van der Waals surface area contributed by atoms with Crippen molar-refractivity contribution in [3.63, 3.8) is 0 Å². The quantitative estimate of drug-likeness (QED) is 0.670. The Morgan fingerprint density at radius 3 is 2.44 bits per heavy atom. The number of rotatable bonds is 5. The second-order valence-corrected chi connectivity index (χ2v) is 5.84. The van der Waals surface area contributed by atoms with Crippen molar-refractivity contribution in [2.45, 2.75) is 6.92 Å². The van der Waals surface area contributed by atoms with Gasteiger partial charge in [-0.2, -0.15) is 5.26 Å². The minimum Gasteiger partial charge on any atom is -0.340 e. The van der Waals surface area contributed by atoms with Gasteiger partial charge in [-0.1, -0.05) is 18.2 Å². The van der Waals surface area contributed by atoms with Gasteiger partial charge in [0.15, 0.2) is 5.78 Å². The maximum Gasteiger partial charge on any atom is 0.257 e. The normalized spacial score (nSPS) is 9.93. The molecule has 2 N–H and O–H groups in total. The highest BCUT2D eigenvalue weighted by Crippen LogP contribution is 2.17. The molecule has 0 fully saturated rings. The standard InChI is InChI=1S/C21H16N4O2/c1-14(26)16-5-3-7-19(11-16)24-20-9-8-17(13-23-20)21(27)25-18-6-2-4-15(10-18)12-22/h2-11,13H,1H3,(H,23,24)(H,25,27). The zero-order valence-corrected chi connectivity index (χ0v) is 14.6. The summed E-state index contributed by atoms with van der Waals surface area (Å²) in [5.41, 5.74) is 2.75. The molecule has 0 spiro atoms. The van der Waals surface area contributed by atoms with Crippen molar-refractivity contribution in [2.75, 3.05) is 10.6 Å². The highest BCUT2D eigenvalue weighted by Gasteiger charge is 2.08. The summed E-state index contributed by atoms with van der Waals surface area (Å²) in [7, 11) is 0. The van der Waals surface area contributed by atoms with Gasteiger partial charge >= 0.3 is 0 Å². The lowest BCUT2D eigenvalue weighted by molar-refractivity contribution is 0.101. The summed E-state index contributed by atoms with van der Waals surface area (Å²) in [6, 6.07) is 19.1. The summed E-state index contributed by atoms with van der Waals surface area (Å²) in [4.78, 5) is 28.0. The maximum atomic E-state index is 12.3. The second kappa shape index (κ2) is 7.93. The number of nitrogens with one attached hydrogen (secondary N) is 2. The molecule has 6 heteroatoms. The van der Waals surface area contributed by atoms with Crippen LogP contribution in [0, 0.1) is 11.3 Å². The van der Waals surface area contributed by atoms with Crippen LogP contribution >= 0.6 is 0 Å². The summed E-state index contributed by atoms with van der Waals surface area (Å²) in [6.07, 6.45) is 1.46. The molecule has 1 amide bonds. The molecule has 1 aromatic heterocycles. The molecule has 0 atom stereocenters. The van der Waals surface area contributed by atoms with Crippen molar-refractivity contribution in [1.29, 1.82) is 5.26 Å². The molecule has 0 aliphatic carbocycles. The first-order valence-corrected chi connectivity index (χ1v) is 8.21. The fourth-order valence-electron chi connectivity index (χ4n) is 2.44. The fourth-order valence-corrected chi connectivity index (χ4v) is 2.44.